The number of hydrogen-bond acceptors (Lipinski definition) is 5. The number of aromatic nitrogens is 2. The minimum atomic E-state index is -0.543. The number of ether oxygens (including phenoxy) is 1. The Balaban J connectivity index is 1.89. The van der Waals surface area contributed by atoms with E-state index < -0.39 is 5.54 Å². The van der Waals surface area contributed by atoms with Crippen LogP contribution in [0.15, 0.2) is 34.9 Å². The van der Waals surface area contributed by atoms with Crippen LogP contribution >= 0.6 is 0 Å². The zero-order valence-corrected chi connectivity index (χ0v) is 12.5. The molecule has 2 aromatic rings. The van der Waals surface area contributed by atoms with Crippen LogP contribution in [0.3, 0.4) is 0 Å². The lowest BCUT2D eigenvalue weighted by atomic mass is 9.97. The van der Waals surface area contributed by atoms with E-state index >= 15 is 0 Å². The van der Waals surface area contributed by atoms with Gasteiger partial charge in [0.15, 0.2) is 0 Å². The number of rotatable bonds is 6. The minimum absolute atomic E-state index is 0.316. The largest absolute Gasteiger partial charge is 0.366 e. The van der Waals surface area contributed by atoms with Crippen LogP contribution in [0.4, 0.5) is 0 Å². The Morgan fingerprint density at radius 2 is 2.10 bits per heavy atom. The average molecular weight is 287 g/mol. The second-order valence-electron chi connectivity index (χ2n) is 5.76. The van der Waals surface area contributed by atoms with Crippen molar-refractivity contribution in [2.75, 3.05) is 6.61 Å². The van der Waals surface area contributed by atoms with Gasteiger partial charge >= 0.3 is 0 Å². The molecule has 1 fully saturated rings. The summed E-state index contributed by atoms with van der Waals surface area (Å²) in [6.07, 6.45) is 1.93. The van der Waals surface area contributed by atoms with E-state index in [9.17, 15) is 0 Å². The first-order chi connectivity index (χ1) is 10.1. The molecule has 21 heavy (non-hydrogen) atoms. The summed E-state index contributed by atoms with van der Waals surface area (Å²) in [6.45, 7) is 4.49. The van der Waals surface area contributed by atoms with Crippen LogP contribution < -0.4 is 5.73 Å². The van der Waals surface area contributed by atoms with E-state index in [2.05, 4.69) is 10.1 Å². The number of nitrogens with zero attached hydrogens (tertiary/aromatic N) is 2. The maximum atomic E-state index is 6.33. The van der Waals surface area contributed by atoms with Crippen molar-refractivity contribution >= 4 is 0 Å². The van der Waals surface area contributed by atoms with Crippen LogP contribution in [0.25, 0.3) is 0 Å². The van der Waals surface area contributed by atoms with Gasteiger partial charge in [-0.2, -0.15) is 4.98 Å². The maximum absolute atomic E-state index is 6.33. The van der Waals surface area contributed by atoms with Crippen LogP contribution in [0.5, 0.6) is 0 Å². The lowest BCUT2D eigenvalue weighted by molar-refractivity contribution is 0.0833. The van der Waals surface area contributed by atoms with Crippen LogP contribution in [-0.2, 0) is 10.3 Å². The first-order valence-corrected chi connectivity index (χ1v) is 7.42. The molecule has 0 saturated heterocycles. The molecule has 0 amide bonds. The van der Waals surface area contributed by atoms with Crippen molar-refractivity contribution in [3.05, 3.63) is 47.6 Å². The van der Waals surface area contributed by atoms with Gasteiger partial charge in [-0.1, -0.05) is 35.5 Å². The topological polar surface area (TPSA) is 74.2 Å². The highest BCUT2D eigenvalue weighted by Crippen LogP contribution is 2.43. The summed E-state index contributed by atoms with van der Waals surface area (Å²) in [5.41, 5.74) is 6.80. The molecule has 1 saturated carbocycles. The summed E-state index contributed by atoms with van der Waals surface area (Å²) in [5, 5.41) is 4.10. The zero-order chi connectivity index (χ0) is 14.9. The van der Waals surface area contributed by atoms with Crippen LogP contribution in [0, 0.1) is 5.92 Å². The monoisotopic (exact) mass is 287 g/mol. The summed E-state index contributed by atoms with van der Waals surface area (Å²) in [6, 6.07) is 9.91. The predicted octanol–water partition coefficient (Wildman–Crippen LogP) is 2.78. The molecule has 112 valence electrons. The van der Waals surface area contributed by atoms with E-state index in [0.29, 0.717) is 24.2 Å². The molecule has 1 aliphatic carbocycles. The molecule has 3 rings (SSSR count). The highest BCUT2D eigenvalue weighted by Gasteiger charge is 2.44. The van der Waals surface area contributed by atoms with Gasteiger partial charge in [-0.3, -0.25) is 0 Å². The summed E-state index contributed by atoms with van der Waals surface area (Å²) >= 11 is 0. The third-order valence-electron chi connectivity index (χ3n) is 4.00. The molecule has 2 atom stereocenters. The van der Waals surface area contributed by atoms with Crippen molar-refractivity contribution in [2.45, 2.75) is 38.3 Å². The fourth-order valence-corrected chi connectivity index (χ4v) is 2.53. The van der Waals surface area contributed by atoms with E-state index in [0.717, 1.165) is 18.4 Å². The lowest BCUT2D eigenvalue weighted by Crippen LogP contribution is -2.35. The highest BCUT2D eigenvalue weighted by atomic mass is 16.5. The number of nitrogens with two attached hydrogens (primary N) is 1. The third kappa shape index (κ3) is 2.84. The standard InChI is InChI=1S/C16H21N3O2/c1-3-20-13(11-7-5-4-6-8-11)14-18-15(21-19-14)16(2,17)12-9-10-12/h4-8,12-13H,3,9-10,17H2,1-2H3. The van der Waals surface area contributed by atoms with Gasteiger partial charge in [-0.05, 0) is 38.2 Å². The van der Waals surface area contributed by atoms with Crippen molar-refractivity contribution in [3.63, 3.8) is 0 Å². The normalized spacial score (nSPS) is 19.2. The summed E-state index contributed by atoms with van der Waals surface area (Å²) in [5.74, 6) is 1.48. The Bertz CT molecular complexity index is 591. The number of hydrogen-bond donors (Lipinski definition) is 1. The Hall–Kier alpha value is -1.72. The molecule has 0 aliphatic heterocycles. The molecular formula is C16H21N3O2. The van der Waals surface area contributed by atoms with E-state index in [1.54, 1.807) is 0 Å². The maximum Gasteiger partial charge on any atom is 0.246 e. The fourth-order valence-electron chi connectivity index (χ4n) is 2.53. The molecule has 0 spiro atoms. The zero-order valence-electron chi connectivity index (χ0n) is 12.5. The highest BCUT2D eigenvalue weighted by molar-refractivity contribution is 5.23. The molecule has 5 nitrogen and oxygen atoms in total. The molecule has 1 aromatic carbocycles. The number of benzene rings is 1. The van der Waals surface area contributed by atoms with Gasteiger partial charge in [0.2, 0.25) is 11.7 Å². The van der Waals surface area contributed by atoms with Gasteiger partial charge in [0.05, 0.1) is 5.54 Å². The van der Waals surface area contributed by atoms with Crippen molar-refractivity contribution in [2.24, 2.45) is 11.7 Å². The smallest absolute Gasteiger partial charge is 0.246 e. The quantitative estimate of drug-likeness (QED) is 0.884. The van der Waals surface area contributed by atoms with Gasteiger partial charge in [0.25, 0.3) is 0 Å². The van der Waals surface area contributed by atoms with Gasteiger partial charge in [-0.25, -0.2) is 0 Å². The van der Waals surface area contributed by atoms with Crippen LogP contribution in [-0.4, -0.2) is 16.7 Å². The lowest BCUT2D eigenvalue weighted by Gasteiger charge is -2.18. The SMILES string of the molecule is CCOC(c1ccccc1)c1noc(C(C)(N)C2CC2)n1. The fraction of sp³-hybridized carbons (Fsp3) is 0.500. The predicted molar refractivity (Wildman–Crippen MR) is 78.5 cm³/mol. The molecule has 1 aliphatic rings. The first kappa shape index (κ1) is 14.2. The van der Waals surface area contributed by atoms with Gasteiger partial charge < -0.3 is 15.0 Å². The summed E-state index contributed by atoms with van der Waals surface area (Å²) in [7, 11) is 0. The molecule has 1 aromatic heterocycles. The Morgan fingerprint density at radius 3 is 2.71 bits per heavy atom. The minimum Gasteiger partial charge on any atom is -0.366 e. The first-order valence-electron chi connectivity index (χ1n) is 7.42. The third-order valence-corrected chi connectivity index (χ3v) is 4.00. The Kier molecular flexibility index (Phi) is 3.78. The second kappa shape index (κ2) is 5.58. The average Bonchev–Trinajstić information content (AvgIpc) is 3.24. The summed E-state index contributed by atoms with van der Waals surface area (Å²) < 4.78 is 11.2. The van der Waals surface area contributed by atoms with E-state index in [4.69, 9.17) is 15.0 Å². The van der Waals surface area contributed by atoms with Crippen LogP contribution in [0.1, 0.15) is 50.1 Å². The van der Waals surface area contributed by atoms with Gasteiger partial charge in [0, 0.05) is 6.61 Å². The van der Waals surface area contributed by atoms with Gasteiger partial charge in [-0.15, -0.1) is 0 Å². The molecule has 2 unspecified atom stereocenters. The molecule has 1 heterocycles. The molecule has 0 bridgehead atoms. The Labute approximate surface area is 124 Å². The molecule has 2 N–H and O–H groups in total. The molecule has 0 radical (unpaired) electrons. The van der Waals surface area contributed by atoms with Crippen molar-refractivity contribution in [3.8, 4) is 0 Å². The van der Waals surface area contributed by atoms with E-state index in [-0.39, 0.29) is 6.10 Å². The molecule has 5 heteroatoms. The van der Waals surface area contributed by atoms with Crippen LogP contribution in [0.2, 0.25) is 0 Å². The van der Waals surface area contributed by atoms with Gasteiger partial charge in [0.1, 0.15) is 6.10 Å². The Morgan fingerprint density at radius 1 is 1.38 bits per heavy atom. The van der Waals surface area contributed by atoms with E-state index in [1.165, 1.54) is 0 Å². The molecular weight excluding hydrogens is 266 g/mol. The van der Waals surface area contributed by atoms with E-state index in [1.807, 2.05) is 44.2 Å². The van der Waals surface area contributed by atoms with Crippen molar-refractivity contribution in [1.82, 2.24) is 10.1 Å². The van der Waals surface area contributed by atoms with Crippen molar-refractivity contribution < 1.29 is 9.26 Å². The second-order valence-corrected chi connectivity index (χ2v) is 5.76. The summed E-state index contributed by atoms with van der Waals surface area (Å²) in [4.78, 5) is 4.51. The van der Waals surface area contributed by atoms with Crippen molar-refractivity contribution in [1.29, 1.82) is 0 Å².